The summed E-state index contributed by atoms with van der Waals surface area (Å²) in [6.45, 7) is 1.41. The Labute approximate surface area is 127 Å². The first kappa shape index (κ1) is 15.7. The molecule has 0 saturated carbocycles. The van der Waals surface area contributed by atoms with Crippen molar-refractivity contribution in [3.05, 3.63) is 59.9 Å². The minimum atomic E-state index is -0.435. The summed E-state index contributed by atoms with van der Waals surface area (Å²) < 4.78 is 18.6. The van der Waals surface area contributed by atoms with Gasteiger partial charge in [0, 0.05) is 12.6 Å². The molecule has 1 N–H and O–H groups in total. The standard InChI is InChI=1S/C17H16FNO3/c1-12(20)19-14-7-9-15(10-8-14)22-17(21)11-6-13-4-2-3-5-16(13)18/h2-5,7-10H,6,11H2,1H3,(H,19,20). The molecule has 0 unspecified atom stereocenters. The van der Waals surface area contributed by atoms with Crippen LogP contribution in [0.15, 0.2) is 48.5 Å². The largest absolute Gasteiger partial charge is 0.427 e. The molecular weight excluding hydrogens is 285 g/mol. The fourth-order valence-electron chi connectivity index (χ4n) is 1.93. The van der Waals surface area contributed by atoms with Crippen LogP contribution in [0.2, 0.25) is 0 Å². The predicted octanol–water partition coefficient (Wildman–Crippen LogP) is 3.32. The minimum absolute atomic E-state index is 0.0916. The molecule has 2 aromatic carbocycles. The third kappa shape index (κ3) is 4.70. The Bertz CT molecular complexity index is 668. The van der Waals surface area contributed by atoms with Crippen molar-refractivity contribution >= 4 is 17.6 Å². The van der Waals surface area contributed by atoms with E-state index in [-0.39, 0.29) is 24.6 Å². The zero-order chi connectivity index (χ0) is 15.9. The lowest BCUT2D eigenvalue weighted by Crippen LogP contribution is -2.10. The van der Waals surface area contributed by atoms with Crippen molar-refractivity contribution in [2.45, 2.75) is 19.8 Å². The van der Waals surface area contributed by atoms with Crippen LogP contribution < -0.4 is 10.1 Å². The molecule has 0 spiro atoms. The van der Waals surface area contributed by atoms with Crippen LogP contribution in [0.5, 0.6) is 5.75 Å². The fourth-order valence-corrected chi connectivity index (χ4v) is 1.93. The Kier molecular flexibility index (Phi) is 5.25. The fraction of sp³-hybridized carbons (Fsp3) is 0.176. The third-order valence-corrected chi connectivity index (χ3v) is 2.96. The highest BCUT2D eigenvalue weighted by atomic mass is 19.1. The molecule has 0 aliphatic heterocycles. The van der Waals surface area contributed by atoms with Crippen molar-refractivity contribution in [1.82, 2.24) is 0 Å². The van der Waals surface area contributed by atoms with Gasteiger partial charge in [-0.15, -0.1) is 0 Å². The van der Waals surface area contributed by atoms with Gasteiger partial charge in [0.2, 0.25) is 5.91 Å². The number of hydrogen-bond acceptors (Lipinski definition) is 3. The highest BCUT2D eigenvalue weighted by molar-refractivity contribution is 5.88. The SMILES string of the molecule is CC(=O)Nc1ccc(OC(=O)CCc2ccccc2F)cc1. The predicted molar refractivity (Wildman–Crippen MR) is 81.1 cm³/mol. The molecule has 4 nitrogen and oxygen atoms in total. The second-order valence-electron chi connectivity index (χ2n) is 4.77. The zero-order valence-electron chi connectivity index (χ0n) is 12.1. The monoisotopic (exact) mass is 301 g/mol. The molecule has 0 bridgehead atoms. The molecule has 0 aromatic heterocycles. The summed E-state index contributed by atoms with van der Waals surface area (Å²) >= 11 is 0. The van der Waals surface area contributed by atoms with E-state index < -0.39 is 5.97 Å². The smallest absolute Gasteiger partial charge is 0.311 e. The molecule has 1 amide bonds. The van der Waals surface area contributed by atoms with Crippen LogP contribution in [-0.4, -0.2) is 11.9 Å². The van der Waals surface area contributed by atoms with Gasteiger partial charge in [-0.05, 0) is 42.3 Å². The van der Waals surface area contributed by atoms with Crippen molar-refractivity contribution in [3.63, 3.8) is 0 Å². The topological polar surface area (TPSA) is 55.4 Å². The van der Waals surface area contributed by atoms with E-state index in [4.69, 9.17) is 4.74 Å². The van der Waals surface area contributed by atoms with Crippen LogP contribution in [-0.2, 0) is 16.0 Å². The molecular formula is C17H16FNO3. The molecule has 114 valence electrons. The number of ether oxygens (including phenoxy) is 1. The van der Waals surface area contributed by atoms with Gasteiger partial charge in [0.1, 0.15) is 11.6 Å². The van der Waals surface area contributed by atoms with Gasteiger partial charge in [0.15, 0.2) is 0 Å². The van der Waals surface area contributed by atoms with E-state index in [0.717, 1.165) is 0 Å². The molecule has 0 aliphatic rings. The van der Waals surface area contributed by atoms with Crippen molar-refractivity contribution in [3.8, 4) is 5.75 Å². The van der Waals surface area contributed by atoms with Crippen molar-refractivity contribution < 1.29 is 18.7 Å². The molecule has 22 heavy (non-hydrogen) atoms. The first-order chi connectivity index (χ1) is 10.5. The molecule has 0 fully saturated rings. The summed E-state index contributed by atoms with van der Waals surface area (Å²) in [5, 5.41) is 2.62. The number of rotatable bonds is 5. The van der Waals surface area contributed by atoms with Gasteiger partial charge in [0.05, 0.1) is 6.42 Å². The van der Waals surface area contributed by atoms with Gasteiger partial charge >= 0.3 is 5.97 Å². The number of aryl methyl sites for hydroxylation is 1. The van der Waals surface area contributed by atoms with Crippen LogP contribution in [0.25, 0.3) is 0 Å². The van der Waals surface area contributed by atoms with E-state index >= 15 is 0 Å². The third-order valence-electron chi connectivity index (χ3n) is 2.96. The summed E-state index contributed by atoms with van der Waals surface area (Å²) in [5.41, 5.74) is 1.11. The van der Waals surface area contributed by atoms with E-state index in [0.29, 0.717) is 17.0 Å². The lowest BCUT2D eigenvalue weighted by molar-refractivity contribution is -0.134. The van der Waals surface area contributed by atoms with Gasteiger partial charge < -0.3 is 10.1 Å². The Hall–Kier alpha value is -2.69. The molecule has 0 atom stereocenters. The second-order valence-corrected chi connectivity index (χ2v) is 4.77. The van der Waals surface area contributed by atoms with Crippen LogP contribution in [0, 0.1) is 5.82 Å². The highest BCUT2D eigenvalue weighted by Gasteiger charge is 2.08. The average Bonchev–Trinajstić information content (AvgIpc) is 2.48. The molecule has 0 saturated heterocycles. The normalized spacial score (nSPS) is 10.1. The van der Waals surface area contributed by atoms with Gasteiger partial charge in [-0.25, -0.2) is 4.39 Å². The summed E-state index contributed by atoms with van der Waals surface area (Å²) in [6, 6.07) is 12.8. The van der Waals surface area contributed by atoms with Crippen LogP contribution in [0.4, 0.5) is 10.1 Å². The van der Waals surface area contributed by atoms with Gasteiger partial charge in [-0.1, -0.05) is 18.2 Å². The van der Waals surface area contributed by atoms with Crippen LogP contribution in [0.3, 0.4) is 0 Å². The van der Waals surface area contributed by atoms with Crippen LogP contribution in [0.1, 0.15) is 18.9 Å². The summed E-state index contributed by atoms with van der Waals surface area (Å²) in [4.78, 5) is 22.6. The first-order valence-corrected chi connectivity index (χ1v) is 6.86. The molecule has 0 radical (unpaired) electrons. The average molecular weight is 301 g/mol. The number of esters is 1. The van der Waals surface area contributed by atoms with E-state index in [2.05, 4.69) is 5.32 Å². The summed E-state index contributed by atoms with van der Waals surface area (Å²) in [6.07, 6.45) is 0.379. The maximum absolute atomic E-state index is 13.4. The lowest BCUT2D eigenvalue weighted by Gasteiger charge is -2.06. The Morgan fingerprint density at radius 3 is 2.41 bits per heavy atom. The number of halogens is 1. The van der Waals surface area contributed by atoms with E-state index in [1.165, 1.54) is 13.0 Å². The van der Waals surface area contributed by atoms with Crippen LogP contribution >= 0.6 is 0 Å². The highest BCUT2D eigenvalue weighted by Crippen LogP contribution is 2.17. The van der Waals surface area contributed by atoms with E-state index in [1.807, 2.05) is 0 Å². The molecule has 5 heteroatoms. The minimum Gasteiger partial charge on any atom is -0.427 e. The van der Waals surface area contributed by atoms with E-state index in [1.54, 1.807) is 42.5 Å². The van der Waals surface area contributed by atoms with Crippen molar-refractivity contribution in [2.75, 3.05) is 5.32 Å². The number of carbonyl (C=O) groups excluding carboxylic acids is 2. The first-order valence-electron chi connectivity index (χ1n) is 6.86. The molecule has 0 aliphatic carbocycles. The number of hydrogen-bond donors (Lipinski definition) is 1. The Balaban J connectivity index is 1.87. The summed E-state index contributed by atoms with van der Waals surface area (Å²) in [5.74, 6) is -0.548. The van der Waals surface area contributed by atoms with Gasteiger partial charge in [-0.2, -0.15) is 0 Å². The number of amides is 1. The molecule has 2 aromatic rings. The molecule has 2 rings (SSSR count). The second kappa shape index (κ2) is 7.36. The van der Waals surface area contributed by atoms with E-state index in [9.17, 15) is 14.0 Å². The number of carbonyl (C=O) groups is 2. The summed E-state index contributed by atoms with van der Waals surface area (Å²) in [7, 11) is 0. The zero-order valence-corrected chi connectivity index (χ0v) is 12.1. The maximum Gasteiger partial charge on any atom is 0.311 e. The maximum atomic E-state index is 13.4. The quantitative estimate of drug-likeness (QED) is 0.681. The van der Waals surface area contributed by atoms with Gasteiger partial charge in [0.25, 0.3) is 0 Å². The number of nitrogens with one attached hydrogen (secondary N) is 1. The Morgan fingerprint density at radius 2 is 1.77 bits per heavy atom. The van der Waals surface area contributed by atoms with Crippen molar-refractivity contribution in [2.24, 2.45) is 0 Å². The lowest BCUT2D eigenvalue weighted by atomic mass is 10.1. The molecule has 0 heterocycles. The number of anilines is 1. The van der Waals surface area contributed by atoms with Gasteiger partial charge in [-0.3, -0.25) is 9.59 Å². The van der Waals surface area contributed by atoms with Crippen molar-refractivity contribution in [1.29, 1.82) is 0 Å². The number of benzene rings is 2. The Morgan fingerprint density at radius 1 is 1.09 bits per heavy atom.